The van der Waals surface area contributed by atoms with Gasteiger partial charge in [0.05, 0.1) is 17.8 Å². The minimum absolute atomic E-state index is 0.00529. The van der Waals surface area contributed by atoms with Crippen molar-refractivity contribution in [3.63, 3.8) is 0 Å². The first-order valence-corrected chi connectivity index (χ1v) is 11.1. The Bertz CT molecular complexity index is 1040. The Balaban J connectivity index is 1.84. The lowest BCUT2D eigenvalue weighted by molar-refractivity contribution is 0.563. The Morgan fingerprint density at radius 1 is 1.10 bits per heavy atom. The quantitative estimate of drug-likeness (QED) is 0.529. The van der Waals surface area contributed by atoms with E-state index in [2.05, 4.69) is 90.8 Å². The van der Waals surface area contributed by atoms with Gasteiger partial charge in [-0.25, -0.2) is 0 Å². The molecule has 1 fully saturated rings. The van der Waals surface area contributed by atoms with Crippen LogP contribution in [0, 0.1) is 13.8 Å². The lowest BCUT2D eigenvalue weighted by Crippen LogP contribution is -2.29. The molecule has 4 nitrogen and oxygen atoms in total. The third-order valence-electron chi connectivity index (χ3n) is 6.18. The average molecular weight is 419 g/mol. The number of hydrogen-bond donors (Lipinski definition) is 1. The van der Waals surface area contributed by atoms with Crippen molar-refractivity contribution in [1.29, 1.82) is 0 Å². The van der Waals surface area contributed by atoms with Gasteiger partial charge in [0.15, 0.2) is 5.11 Å². The molecule has 2 aromatic heterocycles. The van der Waals surface area contributed by atoms with E-state index in [0.717, 1.165) is 23.0 Å². The molecule has 2 atom stereocenters. The van der Waals surface area contributed by atoms with E-state index in [4.69, 9.17) is 12.2 Å². The molecule has 1 saturated heterocycles. The molecule has 3 aromatic rings. The van der Waals surface area contributed by atoms with Crippen molar-refractivity contribution >= 4 is 23.0 Å². The van der Waals surface area contributed by atoms with Crippen molar-refractivity contribution in [2.24, 2.45) is 0 Å². The molecule has 4 rings (SSSR count). The highest BCUT2D eigenvalue weighted by Crippen LogP contribution is 2.43. The van der Waals surface area contributed by atoms with Gasteiger partial charge in [-0.2, -0.15) is 0 Å². The normalized spacial score (nSPS) is 18.9. The molecule has 5 heteroatoms. The van der Waals surface area contributed by atoms with Crippen molar-refractivity contribution in [2.75, 3.05) is 4.90 Å². The zero-order chi connectivity index (χ0) is 21.4. The number of rotatable bonds is 5. The maximum atomic E-state index is 5.85. The predicted octanol–water partition coefficient (Wildman–Crippen LogP) is 5.82. The average Bonchev–Trinajstić information content (AvgIpc) is 3.23. The van der Waals surface area contributed by atoms with Crippen LogP contribution < -0.4 is 10.2 Å². The lowest BCUT2D eigenvalue weighted by atomic mass is 9.96. The van der Waals surface area contributed by atoms with Crippen molar-refractivity contribution in [1.82, 2.24) is 14.9 Å². The molecule has 3 heterocycles. The summed E-state index contributed by atoms with van der Waals surface area (Å²) in [5, 5.41) is 4.31. The minimum Gasteiger partial charge on any atom is -0.351 e. The Morgan fingerprint density at radius 2 is 1.83 bits per heavy atom. The molecular weight excluding hydrogens is 388 g/mol. The summed E-state index contributed by atoms with van der Waals surface area (Å²) < 4.78 is 2.37. The first kappa shape index (κ1) is 20.6. The molecule has 1 aliphatic heterocycles. The fourth-order valence-electron chi connectivity index (χ4n) is 4.58. The van der Waals surface area contributed by atoms with Crippen molar-refractivity contribution < 1.29 is 0 Å². The summed E-state index contributed by atoms with van der Waals surface area (Å²) in [6.07, 6.45) is 1.85. The van der Waals surface area contributed by atoms with E-state index >= 15 is 0 Å². The molecule has 0 amide bonds. The van der Waals surface area contributed by atoms with E-state index in [9.17, 15) is 0 Å². The molecular formula is C25H30N4S. The van der Waals surface area contributed by atoms with Crippen LogP contribution in [-0.2, 0) is 6.54 Å². The van der Waals surface area contributed by atoms with Crippen LogP contribution in [-0.4, -0.2) is 14.7 Å². The molecule has 0 aliphatic carbocycles. The molecule has 0 saturated carbocycles. The van der Waals surface area contributed by atoms with Gasteiger partial charge in [-0.05, 0) is 80.4 Å². The second-order valence-electron chi connectivity index (χ2n) is 8.31. The van der Waals surface area contributed by atoms with E-state index in [1.807, 2.05) is 18.3 Å². The highest BCUT2D eigenvalue weighted by molar-refractivity contribution is 7.80. The van der Waals surface area contributed by atoms with Crippen LogP contribution in [0.3, 0.4) is 0 Å². The Morgan fingerprint density at radius 3 is 2.40 bits per heavy atom. The molecule has 0 radical (unpaired) electrons. The number of thiocarbonyl (C=S) groups is 1. The van der Waals surface area contributed by atoms with Crippen LogP contribution in [0.25, 0.3) is 0 Å². The van der Waals surface area contributed by atoms with Gasteiger partial charge in [0.1, 0.15) is 0 Å². The number of aromatic nitrogens is 2. The van der Waals surface area contributed by atoms with Gasteiger partial charge in [-0.15, -0.1) is 0 Å². The van der Waals surface area contributed by atoms with Crippen molar-refractivity contribution in [3.8, 4) is 0 Å². The summed E-state index contributed by atoms with van der Waals surface area (Å²) in [7, 11) is 0. The summed E-state index contributed by atoms with van der Waals surface area (Å²) in [6, 6.07) is 17.2. The predicted molar refractivity (Wildman–Crippen MR) is 128 cm³/mol. The zero-order valence-corrected chi connectivity index (χ0v) is 19.2. The Hall–Kier alpha value is -2.66. The lowest BCUT2D eigenvalue weighted by Gasteiger charge is -2.28. The van der Waals surface area contributed by atoms with E-state index in [0.29, 0.717) is 5.92 Å². The number of nitrogens with one attached hydrogen (secondary N) is 1. The third-order valence-corrected chi connectivity index (χ3v) is 6.50. The first-order valence-electron chi connectivity index (χ1n) is 10.7. The van der Waals surface area contributed by atoms with Crippen LogP contribution in [0.2, 0.25) is 0 Å². The Kier molecular flexibility index (Phi) is 5.65. The van der Waals surface area contributed by atoms with E-state index in [1.165, 1.54) is 22.5 Å². The molecule has 1 aromatic carbocycles. The van der Waals surface area contributed by atoms with Crippen LogP contribution >= 0.6 is 12.2 Å². The van der Waals surface area contributed by atoms with Crippen molar-refractivity contribution in [3.05, 3.63) is 82.9 Å². The fourth-order valence-corrected chi connectivity index (χ4v) is 4.93. The molecule has 0 spiro atoms. The van der Waals surface area contributed by atoms with Gasteiger partial charge in [-0.1, -0.05) is 32.0 Å². The molecule has 0 unspecified atom stereocenters. The topological polar surface area (TPSA) is 33.1 Å². The van der Waals surface area contributed by atoms with E-state index in [1.54, 1.807) is 0 Å². The monoisotopic (exact) mass is 418 g/mol. The number of aryl methyl sites for hydroxylation is 1. The highest BCUT2D eigenvalue weighted by atomic mass is 32.1. The first-order chi connectivity index (χ1) is 14.4. The summed E-state index contributed by atoms with van der Waals surface area (Å²) in [6.45, 7) is 12.0. The van der Waals surface area contributed by atoms with Crippen LogP contribution in [0.15, 0.2) is 54.7 Å². The smallest absolute Gasteiger partial charge is 0.174 e. The summed E-state index contributed by atoms with van der Waals surface area (Å²) in [5.74, 6) is 0.503. The molecule has 1 N–H and O–H groups in total. The number of nitrogens with zero attached hydrogens (tertiary/aromatic N) is 3. The maximum Gasteiger partial charge on any atom is 0.174 e. The van der Waals surface area contributed by atoms with Crippen LogP contribution in [0.4, 0.5) is 5.69 Å². The fraction of sp³-hybridized carbons (Fsp3) is 0.360. The Labute approximate surface area is 184 Å². The number of benzene rings is 1. The van der Waals surface area contributed by atoms with E-state index < -0.39 is 0 Å². The van der Waals surface area contributed by atoms with E-state index in [-0.39, 0.29) is 12.1 Å². The minimum atomic E-state index is -0.00529. The van der Waals surface area contributed by atoms with Gasteiger partial charge in [0.25, 0.3) is 0 Å². The second kappa shape index (κ2) is 8.23. The second-order valence-corrected chi connectivity index (χ2v) is 8.70. The van der Waals surface area contributed by atoms with Crippen LogP contribution in [0.5, 0.6) is 0 Å². The largest absolute Gasteiger partial charge is 0.351 e. The zero-order valence-electron chi connectivity index (χ0n) is 18.4. The summed E-state index contributed by atoms with van der Waals surface area (Å²) in [4.78, 5) is 6.92. The SMILES string of the molecule is CCn1c(C)cc([C@H]2[C@@H](c3ccccn3)NC(=S)N2c2ccc(C(C)C)cc2)c1C. The molecule has 30 heavy (non-hydrogen) atoms. The van der Waals surface area contributed by atoms with Gasteiger partial charge in [0.2, 0.25) is 0 Å². The number of pyridine rings is 1. The van der Waals surface area contributed by atoms with Gasteiger partial charge in [0, 0.05) is 29.8 Å². The van der Waals surface area contributed by atoms with Gasteiger partial charge < -0.3 is 14.8 Å². The summed E-state index contributed by atoms with van der Waals surface area (Å²) in [5.41, 5.74) is 7.31. The molecule has 1 aliphatic rings. The third kappa shape index (κ3) is 3.52. The van der Waals surface area contributed by atoms with Gasteiger partial charge >= 0.3 is 0 Å². The standard InChI is InChI=1S/C25H30N4S/c1-6-28-17(4)15-21(18(28)5)24-23(22-9-7-8-14-26-22)27-25(30)29(24)20-12-10-19(11-13-20)16(2)3/h7-16,23-24H,6H2,1-5H3,(H,27,30)/t23-,24+/m1/s1. The molecule has 0 bridgehead atoms. The number of anilines is 1. The molecule has 156 valence electrons. The van der Waals surface area contributed by atoms with Crippen LogP contribution in [0.1, 0.15) is 67.0 Å². The maximum absolute atomic E-state index is 5.85. The highest BCUT2D eigenvalue weighted by Gasteiger charge is 2.42. The number of hydrogen-bond acceptors (Lipinski definition) is 2. The van der Waals surface area contributed by atoms with Crippen molar-refractivity contribution in [2.45, 2.75) is 59.2 Å². The summed E-state index contributed by atoms with van der Waals surface area (Å²) >= 11 is 5.85. The van der Waals surface area contributed by atoms with Gasteiger partial charge in [-0.3, -0.25) is 4.98 Å².